The summed E-state index contributed by atoms with van der Waals surface area (Å²) in [5.41, 5.74) is 3.54. The Hall–Kier alpha value is -2.96. The molecular formula is C26H29ClN2O5. The van der Waals surface area contributed by atoms with E-state index in [4.69, 9.17) is 25.8 Å². The molecule has 0 fully saturated rings. The Bertz CT molecular complexity index is 1110. The summed E-state index contributed by atoms with van der Waals surface area (Å²) in [6.07, 6.45) is 7.70. The van der Waals surface area contributed by atoms with E-state index in [0.29, 0.717) is 22.8 Å². The van der Waals surface area contributed by atoms with E-state index < -0.39 is 6.10 Å². The van der Waals surface area contributed by atoms with Crippen LogP contribution < -0.4 is 0 Å². The SMILES string of the molecule is CCCCc1nc(Cl)c(COCC2=CC=CC(=C=O)C2OC)n1Cc1ccc(C(=O)OC)cc1. The third kappa shape index (κ3) is 6.13. The quantitative estimate of drug-likeness (QED) is 0.345. The monoisotopic (exact) mass is 484 g/mol. The number of ether oxygens (including phenoxy) is 3. The Balaban J connectivity index is 1.78. The van der Waals surface area contributed by atoms with Crippen LogP contribution in [0.2, 0.25) is 5.15 Å². The second-order valence-electron chi connectivity index (χ2n) is 7.91. The fraction of sp³-hybridized carbons (Fsp3) is 0.385. The Morgan fingerprint density at radius 2 is 1.97 bits per heavy atom. The first-order valence-electron chi connectivity index (χ1n) is 11.2. The van der Waals surface area contributed by atoms with Gasteiger partial charge in [0, 0.05) is 20.1 Å². The van der Waals surface area contributed by atoms with Gasteiger partial charge in [0.1, 0.15) is 17.9 Å². The molecule has 0 spiro atoms. The molecule has 0 amide bonds. The van der Waals surface area contributed by atoms with Crippen LogP contribution in [0.3, 0.4) is 0 Å². The summed E-state index contributed by atoms with van der Waals surface area (Å²) in [5.74, 6) is 2.44. The van der Waals surface area contributed by atoms with Gasteiger partial charge in [0.15, 0.2) is 5.15 Å². The fourth-order valence-corrected chi connectivity index (χ4v) is 4.06. The van der Waals surface area contributed by atoms with Gasteiger partial charge in [-0.15, -0.1) is 0 Å². The Kier molecular flexibility index (Phi) is 9.42. The number of hydrogen-bond acceptors (Lipinski definition) is 6. The number of nitrogens with zero attached hydrogens (tertiary/aromatic N) is 2. The van der Waals surface area contributed by atoms with Gasteiger partial charge in [-0.2, -0.15) is 0 Å². The van der Waals surface area contributed by atoms with Crippen molar-refractivity contribution in [2.24, 2.45) is 0 Å². The number of halogens is 1. The second-order valence-corrected chi connectivity index (χ2v) is 8.27. The highest BCUT2D eigenvalue weighted by Gasteiger charge is 2.22. The van der Waals surface area contributed by atoms with Crippen molar-refractivity contribution in [3.05, 3.63) is 81.4 Å². The van der Waals surface area contributed by atoms with Crippen LogP contribution >= 0.6 is 11.6 Å². The number of methoxy groups -OCH3 is 2. The molecule has 1 atom stereocenters. The summed E-state index contributed by atoms with van der Waals surface area (Å²) in [6.45, 7) is 3.19. The minimum Gasteiger partial charge on any atom is -0.465 e. The van der Waals surface area contributed by atoms with Crippen LogP contribution in [0, 0.1) is 0 Å². The van der Waals surface area contributed by atoms with Gasteiger partial charge in [0.25, 0.3) is 0 Å². The van der Waals surface area contributed by atoms with E-state index in [-0.39, 0.29) is 19.2 Å². The molecular weight excluding hydrogens is 456 g/mol. The molecule has 0 aliphatic heterocycles. The molecule has 1 aromatic heterocycles. The van der Waals surface area contributed by atoms with Gasteiger partial charge in [-0.3, -0.25) is 0 Å². The Morgan fingerprint density at radius 1 is 1.21 bits per heavy atom. The molecule has 0 N–H and O–H groups in total. The average Bonchev–Trinajstić information content (AvgIpc) is 3.16. The van der Waals surface area contributed by atoms with Crippen LogP contribution in [0.4, 0.5) is 0 Å². The van der Waals surface area contributed by atoms with Gasteiger partial charge in [0.05, 0.1) is 37.2 Å². The Morgan fingerprint density at radius 3 is 2.62 bits per heavy atom. The highest BCUT2D eigenvalue weighted by atomic mass is 35.5. The van der Waals surface area contributed by atoms with E-state index in [0.717, 1.165) is 41.9 Å². The van der Waals surface area contributed by atoms with E-state index in [1.165, 1.54) is 7.11 Å². The molecule has 1 aromatic carbocycles. The van der Waals surface area contributed by atoms with Crippen molar-refractivity contribution in [2.75, 3.05) is 20.8 Å². The normalized spacial score (nSPS) is 15.2. The number of allylic oxidation sites excluding steroid dienone is 2. The predicted octanol–water partition coefficient (Wildman–Crippen LogP) is 4.50. The third-order valence-electron chi connectivity index (χ3n) is 5.64. The molecule has 34 heavy (non-hydrogen) atoms. The van der Waals surface area contributed by atoms with Crippen LogP contribution in [0.15, 0.2) is 53.6 Å². The number of benzene rings is 1. The number of hydrogen-bond donors (Lipinski definition) is 0. The molecule has 1 aliphatic carbocycles. The van der Waals surface area contributed by atoms with E-state index in [1.54, 1.807) is 31.4 Å². The zero-order valence-corrected chi connectivity index (χ0v) is 20.4. The van der Waals surface area contributed by atoms with Crippen molar-refractivity contribution in [2.45, 2.75) is 45.4 Å². The molecule has 0 radical (unpaired) electrons. The van der Waals surface area contributed by atoms with Crippen LogP contribution in [0.1, 0.15) is 47.2 Å². The lowest BCUT2D eigenvalue weighted by Crippen LogP contribution is -2.22. The predicted molar refractivity (Wildman–Crippen MR) is 130 cm³/mol. The van der Waals surface area contributed by atoms with Crippen molar-refractivity contribution in [1.82, 2.24) is 9.55 Å². The molecule has 1 aliphatic rings. The van der Waals surface area contributed by atoms with Gasteiger partial charge >= 0.3 is 5.97 Å². The first-order chi connectivity index (χ1) is 16.5. The molecule has 0 saturated carbocycles. The van der Waals surface area contributed by atoms with Crippen molar-refractivity contribution < 1.29 is 23.8 Å². The first kappa shape index (κ1) is 25.7. The molecule has 1 heterocycles. The number of imidazole rings is 1. The minimum atomic E-state index is -0.476. The van der Waals surface area contributed by atoms with E-state index in [2.05, 4.69) is 16.5 Å². The van der Waals surface area contributed by atoms with Gasteiger partial charge in [-0.05, 0) is 35.8 Å². The largest absolute Gasteiger partial charge is 0.465 e. The van der Waals surface area contributed by atoms with Crippen molar-refractivity contribution >= 4 is 23.5 Å². The fourth-order valence-electron chi connectivity index (χ4n) is 3.81. The topological polar surface area (TPSA) is 79.7 Å². The summed E-state index contributed by atoms with van der Waals surface area (Å²) >= 11 is 6.52. The zero-order chi connectivity index (χ0) is 24.5. The number of esters is 1. The van der Waals surface area contributed by atoms with Crippen LogP contribution in [0.25, 0.3) is 0 Å². The molecule has 0 bridgehead atoms. The van der Waals surface area contributed by atoms with Gasteiger partial charge < -0.3 is 18.8 Å². The standard InChI is InChI=1S/C26H29ClN2O5/c1-4-5-9-23-28-25(27)22(17-34-16-21-8-6-7-20(15-30)24(21)32-2)29(23)14-18-10-12-19(13-11-18)26(31)33-3/h6-8,10-13,24H,4-5,9,14,16-17H2,1-3H3. The first-order valence-corrected chi connectivity index (χ1v) is 11.5. The molecule has 180 valence electrons. The third-order valence-corrected chi connectivity index (χ3v) is 5.94. The smallest absolute Gasteiger partial charge is 0.337 e. The number of rotatable bonds is 11. The highest BCUT2D eigenvalue weighted by Crippen LogP contribution is 2.24. The van der Waals surface area contributed by atoms with Crippen LogP contribution in [-0.4, -0.2) is 48.4 Å². The molecule has 0 saturated heterocycles. The van der Waals surface area contributed by atoms with Crippen molar-refractivity contribution in [3.63, 3.8) is 0 Å². The number of carbonyl (C=O) groups is 1. The van der Waals surface area contributed by atoms with Crippen LogP contribution in [0.5, 0.6) is 0 Å². The number of aromatic nitrogens is 2. The summed E-state index contributed by atoms with van der Waals surface area (Å²) in [4.78, 5) is 27.5. The average molecular weight is 485 g/mol. The number of unbranched alkanes of at least 4 members (excludes halogenated alkanes) is 1. The van der Waals surface area contributed by atoms with Gasteiger partial charge in [-0.1, -0.05) is 49.2 Å². The number of aryl methyl sites for hydroxylation is 1. The lowest BCUT2D eigenvalue weighted by Gasteiger charge is -2.21. The maximum atomic E-state index is 11.7. The Labute approximate surface area is 204 Å². The van der Waals surface area contributed by atoms with Crippen LogP contribution in [-0.2, 0) is 38.6 Å². The second kappa shape index (κ2) is 12.5. The van der Waals surface area contributed by atoms with E-state index in [1.807, 2.05) is 24.2 Å². The lowest BCUT2D eigenvalue weighted by molar-refractivity contribution is 0.0600. The minimum absolute atomic E-state index is 0.246. The van der Waals surface area contributed by atoms with E-state index in [9.17, 15) is 9.59 Å². The summed E-state index contributed by atoms with van der Waals surface area (Å²) in [5, 5.41) is 0.409. The highest BCUT2D eigenvalue weighted by molar-refractivity contribution is 6.30. The molecule has 7 nitrogen and oxygen atoms in total. The maximum absolute atomic E-state index is 11.7. The molecule has 8 heteroatoms. The van der Waals surface area contributed by atoms with Crippen molar-refractivity contribution in [1.29, 1.82) is 0 Å². The lowest BCUT2D eigenvalue weighted by atomic mass is 9.98. The summed E-state index contributed by atoms with van der Waals surface area (Å²) < 4.78 is 18.3. The molecule has 2 aromatic rings. The number of carbonyl (C=O) groups excluding carboxylic acids is 2. The van der Waals surface area contributed by atoms with E-state index >= 15 is 0 Å². The summed E-state index contributed by atoms with van der Waals surface area (Å²) in [7, 11) is 2.91. The zero-order valence-electron chi connectivity index (χ0n) is 19.7. The summed E-state index contributed by atoms with van der Waals surface area (Å²) in [6, 6.07) is 7.27. The molecule has 3 rings (SSSR count). The van der Waals surface area contributed by atoms with Gasteiger partial charge in [0.2, 0.25) is 0 Å². The van der Waals surface area contributed by atoms with Gasteiger partial charge in [-0.25, -0.2) is 14.6 Å². The van der Waals surface area contributed by atoms with Crippen molar-refractivity contribution in [3.8, 4) is 0 Å². The maximum Gasteiger partial charge on any atom is 0.337 e. The molecule has 1 unspecified atom stereocenters.